The molecule has 0 saturated carbocycles. The summed E-state index contributed by atoms with van der Waals surface area (Å²) >= 11 is 0. The van der Waals surface area contributed by atoms with Crippen LogP contribution in [0, 0.1) is 5.82 Å². The van der Waals surface area contributed by atoms with Crippen LogP contribution in [0.1, 0.15) is 23.5 Å². The number of cyclic esters (lactones) is 1. The summed E-state index contributed by atoms with van der Waals surface area (Å²) in [5, 5.41) is 0. The quantitative estimate of drug-likeness (QED) is 0.570. The van der Waals surface area contributed by atoms with E-state index in [2.05, 4.69) is 0 Å². The monoisotopic (exact) mass is 391 g/mol. The molecule has 0 bridgehead atoms. The molecule has 2 aliphatic heterocycles. The molecule has 144 valence electrons. The Morgan fingerprint density at radius 3 is 2.21 bits per heavy atom. The predicted molar refractivity (Wildman–Crippen MR) is 90.7 cm³/mol. The molecule has 2 aromatic carbocycles. The summed E-state index contributed by atoms with van der Waals surface area (Å²) in [5.41, 5.74) is 0.550. The van der Waals surface area contributed by atoms with Gasteiger partial charge in [-0.25, -0.2) is 9.18 Å². The summed E-state index contributed by atoms with van der Waals surface area (Å²) in [4.78, 5) is 26.3. The molecular formula is C20H13F4NO3. The first-order chi connectivity index (χ1) is 13.3. The lowest BCUT2D eigenvalue weighted by Crippen LogP contribution is -2.37. The van der Waals surface area contributed by atoms with Crippen LogP contribution >= 0.6 is 0 Å². The second-order valence-electron chi connectivity index (χ2n) is 6.52. The van der Waals surface area contributed by atoms with E-state index in [-0.39, 0.29) is 30.2 Å². The molecule has 0 aliphatic carbocycles. The van der Waals surface area contributed by atoms with Gasteiger partial charge in [-0.2, -0.15) is 13.2 Å². The fourth-order valence-electron chi connectivity index (χ4n) is 3.53. The van der Waals surface area contributed by atoms with Gasteiger partial charge in [-0.05, 0) is 42.0 Å². The average molecular weight is 391 g/mol. The van der Waals surface area contributed by atoms with E-state index in [9.17, 15) is 27.2 Å². The Morgan fingerprint density at radius 1 is 0.964 bits per heavy atom. The highest BCUT2D eigenvalue weighted by Gasteiger charge is 2.43. The molecule has 2 aliphatic rings. The number of anilines is 1. The lowest BCUT2D eigenvalue weighted by Gasteiger charge is -2.32. The van der Waals surface area contributed by atoms with Crippen molar-refractivity contribution in [1.29, 1.82) is 0 Å². The average Bonchev–Trinajstić information content (AvgIpc) is 3.03. The van der Waals surface area contributed by atoms with E-state index in [1.165, 1.54) is 41.3 Å². The van der Waals surface area contributed by atoms with Crippen LogP contribution in [0.4, 0.5) is 23.2 Å². The summed E-state index contributed by atoms with van der Waals surface area (Å²) in [7, 11) is 0. The second-order valence-corrected chi connectivity index (χ2v) is 6.52. The third-order valence-electron chi connectivity index (χ3n) is 4.84. The number of ether oxygens (including phenoxy) is 1. The van der Waals surface area contributed by atoms with Crippen molar-refractivity contribution in [3.05, 3.63) is 76.7 Å². The Hall–Kier alpha value is -3.16. The van der Waals surface area contributed by atoms with E-state index in [0.717, 1.165) is 12.1 Å². The molecule has 0 saturated heterocycles. The molecular weight excluding hydrogens is 378 g/mol. The van der Waals surface area contributed by atoms with Crippen LogP contribution in [0.15, 0.2) is 59.8 Å². The Kier molecular flexibility index (Phi) is 4.21. The highest BCUT2D eigenvalue weighted by molar-refractivity contribution is 6.06. The van der Waals surface area contributed by atoms with Crippen molar-refractivity contribution in [2.45, 2.75) is 18.5 Å². The van der Waals surface area contributed by atoms with E-state index in [1.54, 1.807) is 0 Å². The Bertz CT molecular complexity index is 978. The molecule has 4 rings (SSSR count). The normalized spacial score (nSPS) is 19.7. The second kappa shape index (κ2) is 6.47. The number of hydrogen-bond donors (Lipinski definition) is 0. The summed E-state index contributed by atoms with van der Waals surface area (Å²) < 4.78 is 56.7. The molecule has 0 fully saturated rings. The van der Waals surface area contributed by atoms with Crippen molar-refractivity contribution >= 4 is 17.6 Å². The Labute approximate surface area is 157 Å². The number of nitrogens with zero attached hydrogens (tertiary/aromatic N) is 1. The minimum Gasteiger partial charge on any atom is -0.456 e. The van der Waals surface area contributed by atoms with Crippen molar-refractivity contribution in [2.24, 2.45) is 0 Å². The number of halogens is 4. The van der Waals surface area contributed by atoms with Gasteiger partial charge in [-0.3, -0.25) is 9.69 Å². The lowest BCUT2D eigenvalue weighted by atomic mass is 9.84. The van der Waals surface area contributed by atoms with Crippen LogP contribution in [0.25, 0.3) is 0 Å². The van der Waals surface area contributed by atoms with Gasteiger partial charge in [0.2, 0.25) is 5.91 Å². The van der Waals surface area contributed by atoms with Gasteiger partial charge in [-0.1, -0.05) is 12.1 Å². The third kappa shape index (κ3) is 3.04. The Balaban J connectivity index is 1.76. The topological polar surface area (TPSA) is 46.6 Å². The molecule has 28 heavy (non-hydrogen) atoms. The number of benzene rings is 2. The molecule has 1 atom stereocenters. The minimum absolute atomic E-state index is 0.0828. The molecule has 2 aromatic rings. The van der Waals surface area contributed by atoms with E-state index in [4.69, 9.17) is 4.74 Å². The van der Waals surface area contributed by atoms with E-state index in [1.807, 2.05) is 0 Å². The van der Waals surface area contributed by atoms with Crippen molar-refractivity contribution in [3.8, 4) is 0 Å². The molecule has 0 N–H and O–H groups in total. The van der Waals surface area contributed by atoms with Gasteiger partial charge in [-0.15, -0.1) is 0 Å². The van der Waals surface area contributed by atoms with Crippen LogP contribution in [-0.4, -0.2) is 18.5 Å². The SMILES string of the molecule is O=C1OCC2=C1[C@@H](c1ccc(F)cc1)CC(=O)N2c1ccc(C(F)(F)F)cc1. The third-order valence-corrected chi connectivity index (χ3v) is 4.84. The molecule has 8 heteroatoms. The van der Waals surface area contributed by atoms with Gasteiger partial charge in [0.15, 0.2) is 0 Å². The van der Waals surface area contributed by atoms with Crippen LogP contribution in [0.5, 0.6) is 0 Å². The lowest BCUT2D eigenvalue weighted by molar-refractivity contribution is -0.138. The zero-order valence-corrected chi connectivity index (χ0v) is 14.3. The van der Waals surface area contributed by atoms with E-state index < -0.39 is 29.4 Å². The number of amides is 1. The minimum atomic E-state index is -4.49. The smallest absolute Gasteiger partial charge is 0.416 e. The number of carbonyl (C=O) groups excluding carboxylic acids is 2. The number of carbonyl (C=O) groups is 2. The highest BCUT2D eigenvalue weighted by atomic mass is 19.4. The standard InChI is InChI=1S/C20H13F4NO3/c21-13-5-1-11(2-6-13)15-9-17(26)25(16-10-28-19(27)18(15)16)14-7-3-12(4-8-14)20(22,23)24/h1-8,15H,9-10H2/t15-/m1/s1. The fraction of sp³-hybridized carbons (Fsp3) is 0.200. The maximum absolute atomic E-state index is 13.2. The number of alkyl halides is 3. The first-order valence-corrected chi connectivity index (χ1v) is 8.41. The van der Waals surface area contributed by atoms with Crippen LogP contribution in [0.3, 0.4) is 0 Å². The van der Waals surface area contributed by atoms with Crippen LogP contribution in [-0.2, 0) is 20.5 Å². The first kappa shape index (κ1) is 18.2. The number of esters is 1. The van der Waals surface area contributed by atoms with Gasteiger partial charge < -0.3 is 4.74 Å². The van der Waals surface area contributed by atoms with E-state index >= 15 is 0 Å². The van der Waals surface area contributed by atoms with Gasteiger partial charge in [0.05, 0.1) is 16.8 Å². The van der Waals surface area contributed by atoms with Gasteiger partial charge in [0.25, 0.3) is 0 Å². The summed E-state index contributed by atoms with van der Waals surface area (Å²) in [5.74, 6) is -2.01. The predicted octanol–water partition coefficient (Wildman–Crippen LogP) is 4.18. The fourth-order valence-corrected chi connectivity index (χ4v) is 3.53. The van der Waals surface area contributed by atoms with Crippen molar-refractivity contribution in [2.75, 3.05) is 11.5 Å². The maximum atomic E-state index is 13.2. The first-order valence-electron chi connectivity index (χ1n) is 8.41. The highest BCUT2D eigenvalue weighted by Crippen LogP contribution is 2.42. The largest absolute Gasteiger partial charge is 0.456 e. The van der Waals surface area contributed by atoms with Crippen molar-refractivity contribution < 1.29 is 31.9 Å². The summed E-state index contributed by atoms with van der Waals surface area (Å²) in [6.07, 6.45) is -4.57. The molecule has 2 heterocycles. The van der Waals surface area contributed by atoms with Gasteiger partial charge in [0.1, 0.15) is 12.4 Å². The molecule has 1 amide bonds. The molecule has 4 nitrogen and oxygen atoms in total. The molecule has 0 radical (unpaired) electrons. The van der Waals surface area contributed by atoms with Crippen molar-refractivity contribution in [3.63, 3.8) is 0 Å². The van der Waals surface area contributed by atoms with E-state index in [0.29, 0.717) is 11.3 Å². The van der Waals surface area contributed by atoms with Crippen LogP contribution < -0.4 is 4.90 Å². The molecule has 0 aromatic heterocycles. The van der Waals surface area contributed by atoms with Gasteiger partial charge >= 0.3 is 12.1 Å². The van der Waals surface area contributed by atoms with Gasteiger partial charge in [0, 0.05) is 18.0 Å². The summed E-state index contributed by atoms with van der Waals surface area (Å²) in [6, 6.07) is 9.61. The zero-order chi connectivity index (χ0) is 20.1. The summed E-state index contributed by atoms with van der Waals surface area (Å²) in [6.45, 7) is -0.154. The van der Waals surface area contributed by atoms with Crippen molar-refractivity contribution in [1.82, 2.24) is 0 Å². The number of hydrogen-bond acceptors (Lipinski definition) is 3. The Morgan fingerprint density at radius 2 is 1.61 bits per heavy atom. The molecule has 0 spiro atoms. The zero-order valence-electron chi connectivity index (χ0n) is 14.3. The van der Waals surface area contributed by atoms with Crippen LogP contribution in [0.2, 0.25) is 0 Å². The maximum Gasteiger partial charge on any atom is 0.416 e. The molecule has 0 unspecified atom stereocenters. The number of rotatable bonds is 2.